The monoisotopic (exact) mass is 138 g/mol. The second-order valence-corrected chi connectivity index (χ2v) is 3.12. The predicted molar refractivity (Wildman–Crippen MR) is 25.2 cm³/mol. The lowest BCUT2D eigenvalue weighted by Crippen LogP contribution is -2.44. The van der Waals surface area contributed by atoms with Gasteiger partial charge in [-0.25, -0.2) is 8.37 Å². The van der Waals surface area contributed by atoms with Gasteiger partial charge in [-0.1, -0.05) is 0 Å². The minimum Gasteiger partial charge on any atom is -0.212 e. The quantitative estimate of drug-likeness (QED) is 0.473. The molecule has 4 nitrogen and oxygen atoms in total. The Kier molecular flexibility index (Phi) is 0.922. The van der Waals surface area contributed by atoms with Gasteiger partial charge in [0.2, 0.25) is 5.79 Å². The van der Waals surface area contributed by atoms with Crippen molar-refractivity contribution in [2.24, 2.45) is 0 Å². The number of rotatable bonds is 0. The average Bonchev–Trinajstić information content (AvgIpc) is 1.20. The summed E-state index contributed by atoms with van der Waals surface area (Å²) in [4.78, 5) is 0. The lowest BCUT2D eigenvalue weighted by molar-refractivity contribution is -0.157. The van der Waals surface area contributed by atoms with Crippen molar-refractivity contribution in [2.45, 2.75) is 19.6 Å². The van der Waals surface area contributed by atoms with Crippen molar-refractivity contribution in [1.82, 2.24) is 0 Å². The van der Waals surface area contributed by atoms with Crippen molar-refractivity contribution >= 4 is 10.4 Å². The van der Waals surface area contributed by atoms with Crippen LogP contribution in [0.25, 0.3) is 0 Å². The first-order chi connectivity index (χ1) is 3.41. The average molecular weight is 138 g/mol. The van der Waals surface area contributed by atoms with Crippen LogP contribution in [0.1, 0.15) is 13.8 Å². The minimum atomic E-state index is -3.59. The summed E-state index contributed by atoms with van der Waals surface area (Å²) >= 11 is 0. The summed E-state index contributed by atoms with van der Waals surface area (Å²) in [7, 11) is -3.59. The zero-order valence-corrected chi connectivity index (χ0v) is 5.36. The Bertz CT molecular complexity index is 175. The van der Waals surface area contributed by atoms with Crippen LogP contribution in [0.3, 0.4) is 0 Å². The van der Waals surface area contributed by atoms with Gasteiger partial charge >= 0.3 is 10.4 Å². The fourth-order valence-electron chi connectivity index (χ4n) is 0.498. The van der Waals surface area contributed by atoms with Crippen molar-refractivity contribution in [3.63, 3.8) is 0 Å². The molecular weight excluding hydrogens is 132 g/mol. The topological polar surface area (TPSA) is 52.6 Å². The molecule has 8 heavy (non-hydrogen) atoms. The second kappa shape index (κ2) is 1.23. The van der Waals surface area contributed by atoms with Crippen molar-refractivity contribution in [3.8, 4) is 0 Å². The van der Waals surface area contributed by atoms with E-state index in [4.69, 9.17) is 0 Å². The molecule has 0 unspecified atom stereocenters. The van der Waals surface area contributed by atoms with Gasteiger partial charge in [-0.3, -0.25) is 0 Å². The van der Waals surface area contributed by atoms with E-state index in [1.165, 1.54) is 13.8 Å². The molecule has 0 bridgehead atoms. The maximum Gasteiger partial charge on any atom is 0.405 e. The molecule has 0 aliphatic carbocycles. The van der Waals surface area contributed by atoms with Crippen LogP contribution in [-0.2, 0) is 18.8 Å². The van der Waals surface area contributed by atoms with E-state index in [1.807, 2.05) is 0 Å². The zero-order chi connectivity index (χ0) is 6.41. The third-order valence-corrected chi connectivity index (χ3v) is 1.82. The zero-order valence-electron chi connectivity index (χ0n) is 4.54. The van der Waals surface area contributed by atoms with E-state index >= 15 is 0 Å². The fraction of sp³-hybridized carbons (Fsp3) is 1.00. The van der Waals surface area contributed by atoms with Gasteiger partial charge in [0, 0.05) is 0 Å². The fourth-order valence-corrected chi connectivity index (χ4v) is 1.49. The van der Waals surface area contributed by atoms with Gasteiger partial charge < -0.3 is 0 Å². The maximum atomic E-state index is 10.1. The summed E-state index contributed by atoms with van der Waals surface area (Å²) in [6.07, 6.45) is 0. The third kappa shape index (κ3) is 0.988. The standard InChI is InChI=1S/C3H6O4S/c1-3(2)6-8(4,5)7-3/h1-2H3. The Balaban J connectivity index is 2.68. The third-order valence-electron chi connectivity index (χ3n) is 0.605. The van der Waals surface area contributed by atoms with Crippen LogP contribution in [0.5, 0.6) is 0 Å². The molecule has 1 heterocycles. The Morgan fingerprint density at radius 3 is 1.62 bits per heavy atom. The molecule has 1 saturated heterocycles. The molecule has 0 aromatic rings. The van der Waals surface area contributed by atoms with Gasteiger partial charge in [0.15, 0.2) is 0 Å². The lowest BCUT2D eigenvalue weighted by Gasteiger charge is -2.31. The normalized spacial score (nSPS) is 31.2. The van der Waals surface area contributed by atoms with E-state index < -0.39 is 16.2 Å². The molecule has 0 aromatic heterocycles. The van der Waals surface area contributed by atoms with Crippen molar-refractivity contribution in [1.29, 1.82) is 0 Å². The van der Waals surface area contributed by atoms with Crippen LogP contribution < -0.4 is 0 Å². The highest BCUT2D eigenvalue weighted by Crippen LogP contribution is 2.28. The Morgan fingerprint density at radius 1 is 1.25 bits per heavy atom. The van der Waals surface area contributed by atoms with Crippen LogP contribution in [0.15, 0.2) is 0 Å². The van der Waals surface area contributed by atoms with Gasteiger partial charge in [-0.15, -0.1) is 0 Å². The largest absolute Gasteiger partial charge is 0.405 e. The molecule has 0 saturated carbocycles. The SMILES string of the molecule is CC1(C)OS(=O)(=O)O1. The van der Waals surface area contributed by atoms with Gasteiger partial charge in [0.1, 0.15) is 0 Å². The van der Waals surface area contributed by atoms with E-state index in [1.54, 1.807) is 0 Å². The Hall–Kier alpha value is -0.130. The number of hydrogen-bond acceptors (Lipinski definition) is 4. The predicted octanol–water partition coefficient (Wildman–Crippen LogP) is 0.0141. The van der Waals surface area contributed by atoms with Crippen LogP contribution in [-0.4, -0.2) is 14.2 Å². The summed E-state index contributed by atoms with van der Waals surface area (Å²) in [5, 5.41) is 0. The van der Waals surface area contributed by atoms with E-state index in [2.05, 4.69) is 8.37 Å². The van der Waals surface area contributed by atoms with Crippen molar-refractivity contribution in [3.05, 3.63) is 0 Å². The van der Waals surface area contributed by atoms with Gasteiger partial charge in [-0.2, -0.15) is 8.42 Å². The lowest BCUT2D eigenvalue weighted by atomic mass is 10.4. The molecule has 1 rings (SSSR count). The van der Waals surface area contributed by atoms with Crippen LogP contribution >= 0.6 is 0 Å². The highest BCUT2D eigenvalue weighted by molar-refractivity contribution is 7.82. The van der Waals surface area contributed by atoms with E-state index in [0.29, 0.717) is 0 Å². The first-order valence-corrected chi connectivity index (χ1v) is 3.41. The van der Waals surface area contributed by atoms with Crippen LogP contribution in [0, 0.1) is 0 Å². The smallest absolute Gasteiger partial charge is 0.212 e. The molecule has 1 aliphatic heterocycles. The van der Waals surface area contributed by atoms with Crippen molar-refractivity contribution in [2.75, 3.05) is 0 Å². The minimum absolute atomic E-state index is 0.932. The molecule has 0 amide bonds. The van der Waals surface area contributed by atoms with E-state index in [-0.39, 0.29) is 0 Å². The Labute approximate surface area is 47.7 Å². The molecule has 0 radical (unpaired) electrons. The van der Waals surface area contributed by atoms with Crippen LogP contribution in [0.2, 0.25) is 0 Å². The highest BCUT2D eigenvalue weighted by Gasteiger charge is 2.43. The summed E-state index contributed by atoms with van der Waals surface area (Å²) in [6, 6.07) is 0. The summed E-state index contributed by atoms with van der Waals surface area (Å²) in [6.45, 7) is 3.04. The molecule has 0 aromatic carbocycles. The maximum absolute atomic E-state index is 10.1. The second-order valence-electron chi connectivity index (χ2n) is 1.97. The highest BCUT2D eigenvalue weighted by atomic mass is 32.3. The molecule has 0 spiro atoms. The number of hydrogen-bond donors (Lipinski definition) is 0. The van der Waals surface area contributed by atoms with Crippen molar-refractivity contribution < 1.29 is 16.8 Å². The van der Waals surface area contributed by atoms with E-state index in [0.717, 1.165) is 0 Å². The Morgan fingerprint density at radius 2 is 1.62 bits per heavy atom. The molecule has 1 fully saturated rings. The van der Waals surface area contributed by atoms with Gasteiger partial charge in [0.05, 0.1) is 0 Å². The van der Waals surface area contributed by atoms with Gasteiger partial charge in [0.25, 0.3) is 0 Å². The molecule has 5 heteroatoms. The molecular formula is C3H6O4S. The summed E-state index contributed by atoms with van der Waals surface area (Å²) in [5.41, 5.74) is 0. The molecule has 0 atom stereocenters. The summed E-state index contributed by atoms with van der Waals surface area (Å²) in [5.74, 6) is -0.932. The molecule has 0 N–H and O–H groups in total. The molecule has 48 valence electrons. The summed E-state index contributed by atoms with van der Waals surface area (Å²) < 4.78 is 28.6. The van der Waals surface area contributed by atoms with E-state index in [9.17, 15) is 8.42 Å². The first-order valence-electron chi connectivity index (χ1n) is 2.07. The molecule has 1 aliphatic rings. The van der Waals surface area contributed by atoms with Crippen LogP contribution in [0.4, 0.5) is 0 Å². The first kappa shape index (κ1) is 6.00. The van der Waals surface area contributed by atoms with Gasteiger partial charge in [-0.05, 0) is 13.8 Å².